The van der Waals surface area contributed by atoms with Crippen molar-refractivity contribution in [2.75, 3.05) is 19.1 Å². The second kappa shape index (κ2) is 24.8. The third-order valence-corrected chi connectivity index (χ3v) is 13.2. The number of nitrogens with zero attached hydrogens (tertiary/aromatic N) is 7. The minimum Gasteiger partial charge on any atom is -0.481 e. The molecule has 4 aromatic heterocycles. The zero-order valence-electron chi connectivity index (χ0n) is 42.5. The molecule has 22 heteroatoms. The molecule has 2 unspecified atom stereocenters. The monoisotopic (exact) mass is 1170 g/mol. The number of hydrogen-bond acceptors (Lipinski definition) is 10. The molecule has 0 bridgehead atoms. The number of pyridine rings is 2. The van der Waals surface area contributed by atoms with Crippen molar-refractivity contribution in [3.8, 4) is 5.88 Å². The molecule has 4 atom stereocenters. The van der Waals surface area contributed by atoms with Crippen molar-refractivity contribution in [2.45, 2.75) is 75.8 Å². The van der Waals surface area contributed by atoms with Crippen molar-refractivity contribution in [3.63, 3.8) is 0 Å². The largest absolute Gasteiger partial charge is 0.481 e. The van der Waals surface area contributed by atoms with Crippen molar-refractivity contribution in [1.82, 2.24) is 45.1 Å². The van der Waals surface area contributed by atoms with E-state index in [1.54, 1.807) is 103 Å². The van der Waals surface area contributed by atoms with E-state index in [2.05, 4.69) is 77.7 Å². The molecule has 0 spiro atoms. The number of fused-ring (bicyclic) bond motifs is 2. The SMILES string of the molecule is CC(F)(F)C(=O)N[C@H]1CC(=O)NC1c1ccccc1.CN.COc1cc(Cn2ncc3cc(I)ccc32)ccn1.Cn1ccc(Cn2ncc3cc(N4C(=O)C[C@H](NC(=O)C(C)(F)F)C4c4ccccc4)ccc32)cc1=O. The number of carbonyl (C=O) groups is 4. The van der Waals surface area contributed by atoms with Crippen LogP contribution in [-0.2, 0) is 39.3 Å². The summed E-state index contributed by atoms with van der Waals surface area (Å²) in [6, 6.07) is 34.4. The lowest BCUT2D eigenvalue weighted by Crippen LogP contribution is -2.46. The van der Waals surface area contributed by atoms with Crippen molar-refractivity contribution in [3.05, 3.63) is 182 Å². The summed E-state index contributed by atoms with van der Waals surface area (Å²) < 4.78 is 64.7. The average Bonchev–Trinajstić information content (AvgIpc) is 4.21. The highest BCUT2D eigenvalue weighted by Gasteiger charge is 2.45. The summed E-state index contributed by atoms with van der Waals surface area (Å²) in [6.07, 6.45) is 6.92. The van der Waals surface area contributed by atoms with E-state index >= 15 is 0 Å². The van der Waals surface area contributed by atoms with Gasteiger partial charge in [0.25, 0.3) is 17.4 Å². The smallest absolute Gasteiger partial charge is 0.321 e. The minimum absolute atomic E-state index is 0.00137. The molecule has 17 nitrogen and oxygen atoms in total. The first-order chi connectivity index (χ1) is 36.7. The molecule has 402 valence electrons. The lowest BCUT2D eigenvalue weighted by molar-refractivity contribution is -0.144. The Kier molecular flexibility index (Phi) is 18.3. The fourth-order valence-corrected chi connectivity index (χ4v) is 9.29. The van der Waals surface area contributed by atoms with Gasteiger partial charge >= 0.3 is 11.8 Å². The van der Waals surface area contributed by atoms with Crippen LogP contribution in [0.2, 0.25) is 0 Å². The number of anilines is 1. The Balaban J connectivity index is 0.000000181. The van der Waals surface area contributed by atoms with E-state index in [4.69, 9.17) is 4.74 Å². The van der Waals surface area contributed by atoms with Crippen LogP contribution in [0.5, 0.6) is 5.88 Å². The molecule has 2 aliphatic heterocycles. The normalized spacial score (nSPS) is 17.1. The number of nitrogens with two attached hydrogens (primary N) is 1. The second-order valence-corrected chi connectivity index (χ2v) is 19.4. The Labute approximate surface area is 453 Å². The van der Waals surface area contributed by atoms with E-state index in [1.807, 2.05) is 53.3 Å². The fourth-order valence-electron chi connectivity index (χ4n) is 8.78. The van der Waals surface area contributed by atoms with Gasteiger partial charge in [-0.15, -0.1) is 0 Å². The number of methoxy groups -OCH3 is 1. The van der Waals surface area contributed by atoms with Gasteiger partial charge in [0.2, 0.25) is 17.7 Å². The van der Waals surface area contributed by atoms with Crippen molar-refractivity contribution < 1.29 is 41.5 Å². The zero-order chi connectivity index (χ0) is 55.6. The second-order valence-electron chi connectivity index (χ2n) is 18.2. The number of nitrogens with one attached hydrogen (secondary N) is 3. The maximum Gasteiger partial charge on any atom is 0.321 e. The van der Waals surface area contributed by atoms with Crippen molar-refractivity contribution in [1.29, 1.82) is 0 Å². The highest BCUT2D eigenvalue weighted by molar-refractivity contribution is 14.1. The summed E-state index contributed by atoms with van der Waals surface area (Å²) in [5.41, 5.74) is 10.3. The number of aromatic nitrogens is 6. The third kappa shape index (κ3) is 14.1. The molecule has 5 N–H and O–H groups in total. The first-order valence-electron chi connectivity index (χ1n) is 24.1. The van der Waals surface area contributed by atoms with Gasteiger partial charge in [0, 0.05) is 78.3 Å². The van der Waals surface area contributed by atoms with Gasteiger partial charge in [0.1, 0.15) is 0 Å². The Hall–Kier alpha value is -7.99. The van der Waals surface area contributed by atoms with Crippen LogP contribution in [0.4, 0.5) is 23.2 Å². The number of alkyl halides is 4. The quantitative estimate of drug-likeness (QED) is 0.0701. The number of halogens is 5. The highest BCUT2D eigenvalue weighted by Crippen LogP contribution is 2.39. The molecule has 2 fully saturated rings. The number of ether oxygens (including phenoxy) is 1. The van der Waals surface area contributed by atoms with E-state index < -0.39 is 47.8 Å². The van der Waals surface area contributed by atoms with Gasteiger partial charge in [0.15, 0.2) is 0 Å². The van der Waals surface area contributed by atoms with Crippen LogP contribution in [-0.4, -0.2) is 90.8 Å². The van der Waals surface area contributed by atoms with Gasteiger partial charge < -0.3 is 35.9 Å². The lowest BCUT2D eigenvalue weighted by Gasteiger charge is -2.29. The van der Waals surface area contributed by atoms with Crippen LogP contribution in [0.15, 0.2) is 151 Å². The number of carbonyl (C=O) groups excluding carboxylic acids is 4. The maximum absolute atomic E-state index is 13.7. The van der Waals surface area contributed by atoms with E-state index in [-0.39, 0.29) is 30.2 Å². The number of amides is 4. The molecule has 77 heavy (non-hydrogen) atoms. The van der Waals surface area contributed by atoms with Gasteiger partial charge in [-0.3, -0.25) is 33.3 Å². The molecular weight excluding hydrogens is 1110 g/mol. The number of aryl methyl sites for hydroxylation is 1. The first kappa shape index (κ1) is 56.7. The summed E-state index contributed by atoms with van der Waals surface area (Å²) in [7, 11) is 4.81. The van der Waals surface area contributed by atoms with Gasteiger partial charge in [0.05, 0.1) is 67.8 Å². The number of rotatable bonds is 12. The fraction of sp³-hybridized carbons (Fsp3) is 0.273. The molecule has 10 rings (SSSR count). The Morgan fingerprint density at radius 3 is 1.87 bits per heavy atom. The van der Waals surface area contributed by atoms with Crippen LogP contribution >= 0.6 is 22.6 Å². The summed E-state index contributed by atoms with van der Waals surface area (Å²) in [5, 5.41) is 18.1. The molecule has 6 heterocycles. The standard InChI is InChI=1S/C27H25F2N5O3.C14H12IN3O.C13H14F2N2O2.CH5N/c1-27(28,29)26(37)31-21-14-24(36)34(25(21)18-6-4-3-5-7-18)20-8-9-22-19(13-20)15-30-33(22)16-17-10-11-32(2)23(35)12-17;1-19-14-6-10(4-5-16-14)9-18-13-3-2-12(15)7-11(13)8-17-18;1-13(14,15)12(19)16-9-7-10(18)17-11(9)8-5-3-2-4-6-8;1-2/h3-13,15,21,25H,14,16H2,1-2H3,(H,31,37);2-8H,9H2,1H3;2-6,9,11H,7H2,1H3,(H,16,19)(H,17,18);2H2,1H3/t21-,25?;;9-,11?;/m0.0./s1. The summed E-state index contributed by atoms with van der Waals surface area (Å²) >= 11 is 2.31. The molecular formula is C55H56F4IN11O6. The summed E-state index contributed by atoms with van der Waals surface area (Å²) in [4.78, 5) is 65.6. The summed E-state index contributed by atoms with van der Waals surface area (Å²) in [6.45, 7) is 2.17. The molecule has 0 aliphatic carbocycles. The molecule has 2 aliphatic rings. The number of benzene rings is 4. The maximum atomic E-state index is 13.7. The third-order valence-electron chi connectivity index (χ3n) is 12.5. The molecule has 0 saturated carbocycles. The number of hydrogen-bond donors (Lipinski definition) is 4. The summed E-state index contributed by atoms with van der Waals surface area (Å²) in [5.74, 6) is -9.72. The highest BCUT2D eigenvalue weighted by atomic mass is 127. The van der Waals surface area contributed by atoms with E-state index in [0.29, 0.717) is 38.5 Å². The van der Waals surface area contributed by atoms with Gasteiger partial charge in [-0.2, -0.15) is 27.8 Å². The molecule has 0 radical (unpaired) electrons. The molecule has 8 aromatic rings. The van der Waals surface area contributed by atoms with Crippen molar-refractivity contribution in [2.24, 2.45) is 12.8 Å². The Morgan fingerprint density at radius 1 is 0.727 bits per heavy atom. The Morgan fingerprint density at radius 2 is 1.29 bits per heavy atom. The first-order valence-corrected chi connectivity index (χ1v) is 25.2. The zero-order valence-corrected chi connectivity index (χ0v) is 44.7. The van der Waals surface area contributed by atoms with Crippen LogP contribution in [0.3, 0.4) is 0 Å². The topological polar surface area (TPSA) is 213 Å². The van der Waals surface area contributed by atoms with E-state index in [9.17, 15) is 41.5 Å². The average molecular weight is 1170 g/mol. The van der Waals surface area contributed by atoms with Gasteiger partial charge in [-0.25, -0.2) is 4.98 Å². The molecule has 4 aromatic carbocycles. The van der Waals surface area contributed by atoms with E-state index in [0.717, 1.165) is 44.1 Å². The van der Waals surface area contributed by atoms with Crippen LogP contribution < -0.4 is 36.9 Å². The Bertz CT molecular complexity index is 3420. The van der Waals surface area contributed by atoms with Crippen LogP contribution in [0, 0.1) is 3.57 Å². The van der Waals surface area contributed by atoms with Crippen molar-refractivity contribution >= 4 is 73.7 Å². The van der Waals surface area contributed by atoms with Gasteiger partial charge in [-0.1, -0.05) is 60.7 Å². The minimum atomic E-state index is -3.56. The predicted octanol–water partition coefficient (Wildman–Crippen LogP) is 7.46. The van der Waals surface area contributed by atoms with E-state index in [1.165, 1.54) is 15.2 Å². The van der Waals surface area contributed by atoms with Crippen LogP contribution in [0.25, 0.3) is 21.8 Å². The van der Waals surface area contributed by atoms with Gasteiger partial charge in [-0.05, 0) is 100 Å². The predicted molar refractivity (Wildman–Crippen MR) is 291 cm³/mol. The lowest BCUT2D eigenvalue weighted by atomic mass is 9.99. The molecule has 2 saturated heterocycles. The molecule has 4 amide bonds. The van der Waals surface area contributed by atoms with Crippen LogP contribution in [0.1, 0.15) is 61.0 Å².